The standard InChI is InChI=1S/C42H28N2/c1-3-11-29(12-4-1)30-19-23-34(24-20-30)44-40-18-10-8-16-36(40)38-28-32(22-26-42(38)44)31-21-25-41-37(27-31)35-15-7-9-17-39(35)43(41)33-13-5-2-6-14-33/h1-28H/i2D,5D,6D,7D,8D,9D,10D,13D,14D,15D,16D,17D,18D. The van der Waals surface area contributed by atoms with E-state index >= 15 is 0 Å². The summed E-state index contributed by atoms with van der Waals surface area (Å²) in [6.45, 7) is 0. The number of para-hydroxylation sites is 3. The van der Waals surface area contributed by atoms with Crippen LogP contribution >= 0.6 is 0 Å². The number of aromatic nitrogens is 2. The summed E-state index contributed by atoms with van der Waals surface area (Å²) in [4.78, 5) is 0. The first-order valence-corrected chi connectivity index (χ1v) is 14.0. The number of rotatable bonds is 4. The molecule has 0 aliphatic carbocycles. The first-order chi connectivity index (χ1) is 27.2. The Labute approximate surface area is 273 Å². The summed E-state index contributed by atoms with van der Waals surface area (Å²) in [5, 5.41) is 1.35. The van der Waals surface area contributed by atoms with Crippen molar-refractivity contribution in [2.24, 2.45) is 0 Å². The van der Waals surface area contributed by atoms with E-state index in [-0.39, 0.29) is 46.8 Å². The molecule has 7 aromatic carbocycles. The first-order valence-electron chi connectivity index (χ1n) is 20.5. The van der Waals surface area contributed by atoms with Gasteiger partial charge in [0.15, 0.2) is 0 Å². The molecule has 0 fully saturated rings. The smallest absolute Gasteiger partial charge is 0.0645 e. The lowest BCUT2D eigenvalue weighted by Gasteiger charge is -2.10. The van der Waals surface area contributed by atoms with Crippen molar-refractivity contribution in [2.45, 2.75) is 0 Å². The molecule has 206 valence electrons. The molecule has 0 aliphatic heterocycles. The summed E-state index contributed by atoms with van der Waals surface area (Å²) >= 11 is 0. The van der Waals surface area contributed by atoms with Crippen molar-refractivity contribution in [3.8, 4) is 33.6 Å². The summed E-state index contributed by atoms with van der Waals surface area (Å²) < 4.78 is 115. The molecule has 2 heteroatoms. The highest BCUT2D eigenvalue weighted by Crippen LogP contribution is 2.38. The quantitative estimate of drug-likeness (QED) is 0.198. The fourth-order valence-electron chi connectivity index (χ4n) is 6.09. The van der Waals surface area contributed by atoms with Gasteiger partial charge in [-0.2, -0.15) is 0 Å². The molecule has 2 nitrogen and oxygen atoms in total. The summed E-state index contributed by atoms with van der Waals surface area (Å²) in [6, 6.07) is 22.5. The Morgan fingerprint density at radius 2 is 0.818 bits per heavy atom. The maximum Gasteiger partial charge on any atom is 0.0645 e. The first kappa shape index (κ1) is 15.0. The third-order valence-electron chi connectivity index (χ3n) is 8.07. The zero-order valence-corrected chi connectivity index (χ0v) is 23.1. The monoisotopic (exact) mass is 573 g/mol. The topological polar surface area (TPSA) is 9.86 Å². The average molecular weight is 574 g/mol. The third-order valence-corrected chi connectivity index (χ3v) is 8.07. The molecule has 0 unspecified atom stereocenters. The highest BCUT2D eigenvalue weighted by molar-refractivity contribution is 6.12. The summed E-state index contributed by atoms with van der Waals surface area (Å²) in [5.74, 6) is 0. The molecule has 44 heavy (non-hydrogen) atoms. The van der Waals surface area contributed by atoms with Crippen LogP contribution in [0.5, 0.6) is 0 Å². The molecule has 0 saturated heterocycles. The molecule has 2 aromatic heterocycles. The van der Waals surface area contributed by atoms with Crippen LogP contribution in [0.15, 0.2) is 170 Å². The van der Waals surface area contributed by atoms with Gasteiger partial charge in [0.1, 0.15) is 0 Å². The summed E-state index contributed by atoms with van der Waals surface area (Å²) in [5.41, 5.74) is 4.91. The normalized spacial score (nSPS) is 15.8. The lowest BCUT2D eigenvalue weighted by Crippen LogP contribution is -1.93. The van der Waals surface area contributed by atoms with Gasteiger partial charge in [0.2, 0.25) is 0 Å². The zero-order valence-electron chi connectivity index (χ0n) is 36.1. The highest BCUT2D eigenvalue weighted by Gasteiger charge is 2.16. The molecule has 0 saturated carbocycles. The predicted molar refractivity (Wildman–Crippen MR) is 186 cm³/mol. The predicted octanol–water partition coefficient (Wildman–Crippen LogP) is 11.2. The SMILES string of the molecule is [2H]c1c([2H])c([2H])c(-n2c3ccc(-c4ccc5c(c4)c4c([2H])c([2H])c([2H])c([2H])c4n5-c4ccc(-c5ccccc5)cc4)cc3c3c([2H])c([2H])c([2H])c([2H])c32)c([2H])c1[2H]. The van der Waals surface area contributed by atoms with E-state index in [9.17, 15) is 0 Å². The van der Waals surface area contributed by atoms with Crippen molar-refractivity contribution < 1.29 is 17.8 Å². The molecule has 0 atom stereocenters. The van der Waals surface area contributed by atoms with Crippen LogP contribution in [0.25, 0.3) is 77.2 Å². The van der Waals surface area contributed by atoms with Crippen molar-refractivity contribution in [1.29, 1.82) is 0 Å². The van der Waals surface area contributed by atoms with Gasteiger partial charge in [0.05, 0.1) is 39.9 Å². The lowest BCUT2D eigenvalue weighted by atomic mass is 10.0. The largest absolute Gasteiger partial charge is 0.309 e. The van der Waals surface area contributed by atoms with E-state index in [2.05, 4.69) is 0 Å². The third kappa shape index (κ3) is 3.82. The van der Waals surface area contributed by atoms with Crippen molar-refractivity contribution >= 4 is 43.6 Å². The minimum atomic E-state index is -0.593. The van der Waals surface area contributed by atoms with Gasteiger partial charge in [-0.05, 0) is 82.8 Å². The van der Waals surface area contributed by atoms with Crippen LogP contribution < -0.4 is 0 Å². The van der Waals surface area contributed by atoms with E-state index in [4.69, 9.17) is 17.8 Å². The Kier molecular flexibility index (Phi) is 3.37. The van der Waals surface area contributed by atoms with Gasteiger partial charge < -0.3 is 9.13 Å². The van der Waals surface area contributed by atoms with Crippen LogP contribution in [0.2, 0.25) is 0 Å². The molecule has 0 radical (unpaired) electrons. The number of hydrogen-bond acceptors (Lipinski definition) is 0. The van der Waals surface area contributed by atoms with Crippen LogP contribution in [-0.2, 0) is 0 Å². The number of nitrogens with zero attached hydrogens (tertiary/aromatic N) is 2. The maximum atomic E-state index is 9.00. The van der Waals surface area contributed by atoms with E-state index < -0.39 is 48.3 Å². The fraction of sp³-hybridized carbons (Fsp3) is 0. The van der Waals surface area contributed by atoms with Crippen LogP contribution in [0.4, 0.5) is 0 Å². The maximum absolute atomic E-state index is 9.00. The molecule has 0 amide bonds. The Morgan fingerprint density at radius 3 is 1.41 bits per heavy atom. The Morgan fingerprint density at radius 1 is 0.341 bits per heavy atom. The summed E-state index contributed by atoms with van der Waals surface area (Å²) in [7, 11) is 0. The molecular formula is C42H28N2. The molecular weight excluding hydrogens is 532 g/mol. The van der Waals surface area contributed by atoms with Gasteiger partial charge in [-0.1, -0.05) is 109 Å². The van der Waals surface area contributed by atoms with Crippen LogP contribution in [-0.4, -0.2) is 9.13 Å². The second-order valence-corrected chi connectivity index (χ2v) is 10.5. The molecule has 0 spiro atoms. The lowest BCUT2D eigenvalue weighted by molar-refractivity contribution is 1.18. The molecule has 9 aromatic rings. The molecule has 9 rings (SSSR count). The van der Waals surface area contributed by atoms with E-state index in [0.717, 1.165) is 11.1 Å². The average Bonchev–Trinajstić information content (AvgIpc) is 3.75. The van der Waals surface area contributed by atoms with Gasteiger partial charge >= 0.3 is 0 Å². The van der Waals surface area contributed by atoms with Crippen molar-refractivity contribution in [2.75, 3.05) is 0 Å². The van der Waals surface area contributed by atoms with Crippen LogP contribution in [0, 0.1) is 0 Å². The molecule has 0 aliphatic rings. The van der Waals surface area contributed by atoms with E-state index in [1.165, 1.54) is 4.57 Å². The van der Waals surface area contributed by atoms with E-state index in [1.807, 2.05) is 77.4 Å². The number of fused-ring (bicyclic) bond motifs is 6. The van der Waals surface area contributed by atoms with Crippen LogP contribution in [0.3, 0.4) is 0 Å². The van der Waals surface area contributed by atoms with Crippen molar-refractivity contribution in [3.63, 3.8) is 0 Å². The van der Waals surface area contributed by atoms with Gasteiger partial charge in [-0.15, -0.1) is 0 Å². The van der Waals surface area contributed by atoms with Crippen molar-refractivity contribution in [3.05, 3.63) is 170 Å². The zero-order chi connectivity index (χ0) is 40.3. The summed E-state index contributed by atoms with van der Waals surface area (Å²) in [6.07, 6.45) is 0. The molecule has 0 bridgehead atoms. The number of benzene rings is 7. The Balaban J connectivity index is 1.31. The van der Waals surface area contributed by atoms with Gasteiger partial charge in [0, 0.05) is 32.9 Å². The minimum absolute atomic E-state index is 0.0421. The number of hydrogen-bond donors (Lipinski definition) is 0. The highest BCUT2D eigenvalue weighted by atomic mass is 15.0. The van der Waals surface area contributed by atoms with Crippen LogP contribution in [0.1, 0.15) is 17.8 Å². The second-order valence-electron chi connectivity index (χ2n) is 10.5. The Hall–Kier alpha value is -5.86. The molecule has 0 N–H and O–H groups in total. The van der Waals surface area contributed by atoms with Gasteiger partial charge in [-0.25, -0.2) is 0 Å². The van der Waals surface area contributed by atoms with Gasteiger partial charge in [0.25, 0.3) is 0 Å². The minimum Gasteiger partial charge on any atom is -0.309 e. The second kappa shape index (κ2) is 9.86. The Bertz CT molecular complexity index is 3180. The van der Waals surface area contributed by atoms with E-state index in [0.29, 0.717) is 49.5 Å². The van der Waals surface area contributed by atoms with Crippen molar-refractivity contribution in [1.82, 2.24) is 9.13 Å². The molecule has 2 heterocycles. The fourth-order valence-corrected chi connectivity index (χ4v) is 6.09. The van der Waals surface area contributed by atoms with E-state index in [1.54, 1.807) is 18.2 Å². The van der Waals surface area contributed by atoms with Gasteiger partial charge in [-0.3, -0.25) is 0 Å².